The number of rotatable bonds is 3. The Morgan fingerprint density at radius 1 is 1.09 bits per heavy atom. The first-order valence-electron chi connectivity index (χ1n) is 6.67. The van der Waals surface area contributed by atoms with E-state index in [1.165, 1.54) is 0 Å². The predicted octanol–water partition coefficient (Wildman–Crippen LogP) is 3.76. The number of fused-ring (bicyclic) bond motifs is 1. The van der Waals surface area contributed by atoms with Crippen LogP contribution >= 0.6 is 15.9 Å². The van der Waals surface area contributed by atoms with Crippen molar-refractivity contribution >= 4 is 39.0 Å². The average molecular weight is 354 g/mol. The second-order valence-electron chi connectivity index (χ2n) is 4.62. The topological polar surface area (TPSA) is 54.4 Å². The van der Waals surface area contributed by atoms with E-state index < -0.39 is 0 Å². The van der Waals surface area contributed by atoms with Crippen LogP contribution in [0.1, 0.15) is 15.9 Å². The van der Waals surface area contributed by atoms with Crippen LogP contribution in [0, 0.1) is 0 Å². The molecule has 0 aliphatic carbocycles. The summed E-state index contributed by atoms with van der Waals surface area (Å²) in [6, 6.07) is 16.7. The number of hydrazone groups is 1. The zero-order valence-corrected chi connectivity index (χ0v) is 13.1. The first kappa shape index (κ1) is 14.4. The van der Waals surface area contributed by atoms with Gasteiger partial charge in [0.1, 0.15) is 0 Å². The molecular weight excluding hydrogens is 342 g/mol. The van der Waals surface area contributed by atoms with Crippen LogP contribution in [0.25, 0.3) is 10.9 Å². The van der Waals surface area contributed by atoms with Crippen LogP contribution in [0.3, 0.4) is 0 Å². The lowest BCUT2D eigenvalue weighted by Crippen LogP contribution is -2.17. The lowest BCUT2D eigenvalue weighted by Gasteiger charge is -2.02. The van der Waals surface area contributed by atoms with Crippen molar-refractivity contribution in [3.8, 4) is 0 Å². The molecule has 4 nitrogen and oxygen atoms in total. The molecule has 0 fully saturated rings. The lowest BCUT2D eigenvalue weighted by atomic mass is 10.1. The van der Waals surface area contributed by atoms with Crippen molar-refractivity contribution in [1.29, 1.82) is 0 Å². The van der Waals surface area contributed by atoms with Gasteiger partial charge in [0, 0.05) is 27.2 Å². The first-order chi connectivity index (χ1) is 10.7. The maximum atomic E-state index is 12.0. The Balaban J connectivity index is 1.76. The van der Waals surface area contributed by atoms with Gasteiger partial charge < -0.3 is 0 Å². The van der Waals surface area contributed by atoms with Gasteiger partial charge in [-0.3, -0.25) is 9.78 Å². The number of halogens is 1. The van der Waals surface area contributed by atoms with E-state index in [0.717, 1.165) is 20.9 Å². The number of carbonyl (C=O) groups excluding carboxylic acids is 1. The van der Waals surface area contributed by atoms with E-state index in [1.54, 1.807) is 24.5 Å². The number of carbonyl (C=O) groups is 1. The normalized spacial score (nSPS) is 11.0. The summed E-state index contributed by atoms with van der Waals surface area (Å²) in [4.78, 5) is 16.2. The third kappa shape index (κ3) is 3.20. The standard InChI is InChI=1S/C17H12BrN3O/c18-14-7-5-12(6-8-14)17(22)21-20-11-13-9-10-19-16-4-2-1-3-15(13)16/h1-11H,(H,21,22). The van der Waals surface area contributed by atoms with Crippen molar-refractivity contribution in [2.45, 2.75) is 0 Å². The van der Waals surface area contributed by atoms with Crippen LogP contribution in [-0.2, 0) is 0 Å². The number of hydrogen-bond donors (Lipinski definition) is 1. The molecule has 1 aromatic heterocycles. The van der Waals surface area contributed by atoms with Gasteiger partial charge in [-0.2, -0.15) is 5.10 Å². The lowest BCUT2D eigenvalue weighted by molar-refractivity contribution is 0.0955. The van der Waals surface area contributed by atoms with E-state index >= 15 is 0 Å². The third-order valence-electron chi connectivity index (χ3n) is 3.16. The fourth-order valence-corrected chi connectivity index (χ4v) is 2.32. The third-order valence-corrected chi connectivity index (χ3v) is 3.69. The summed E-state index contributed by atoms with van der Waals surface area (Å²) in [7, 11) is 0. The number of aromatic nitrogens is 1. The maximum Gasteiger partial charge on any atom is 0.271 e. The molecule has 0 aliphatic rings. The number of nitrogens with one attached hydrogen (secondary N) is 1. The number of para-hydroxylation sites is 1. The van der Waals surface area contributed by atoms with E-state index in [-0.39, 0.29) is 5.91 Å². The van der Waals surface area contributed by atoms with Crippen molar-refractivity contribution in [2.75, 3.05) is 0 Å². The Hall–Kier alpha value is -2.53. The molecule has 5 heteroatoms. The van der Waals surface area contributed by atoms with Gasteiger partial charge >= 0.3 is 0 Å². The van der Waals surface area contributed by atoms with Gasteiger partial charge in [-0.1, -0.05) is 34.1 Å². The van der Waals surface area contributed by atoms with E-state index in [4.69, 9.17) is 0 Å². The molecule has 108 valence electrons. The molecule has 0 saturated heterocycles. The fourth-order valence-electron chi connectivity index (χ4n) is 2.06. The monoisotopic (exact) mass is 353 g/mol. The van der Waals surface area contributed by atoms with Crippen LogP contribution < -0.4 is 5.43 Å². The molecule has 1 N–H and O–H groups in total. The highest BCUT2D eigenvalue weighted by atomic mass is 79.9. The molecular formula is C17H12BrN3O. The number of amides is 1. The van der Waals surface area contributed by atoms with Crippen LogP contribution in [0.15, 0.2) is 70.4 Å². The molecule has 1 amide bonds. The summed E-state index contributed by atoms with van der Waals surface area (Å²) in [6.45, 7) is 0. The molecule has 0 radical (unpaired) electrons. The molecule has 3 rings (SSSR count). The van der Waals surface area contributed by atoms with E-state index in [9.17, 15) is 4.79 Å². The van der Waals surface area contributed by atoms with Gasteiger partial charge in [0.2, 0.25) is 0 Å². The Morgan fingerprint density at radius 3 is 2.68 bits per heavy atom. The fraction of sp³-hybridized carbons (Fsp3) is 0. The van der Waals surface area contributed by atoms with Gasteiger partial charge in [0.15, 0.2) is 0 Å². The van der Waals surface area contributed by atoms with Gasteiger partial charge in [-0.15, -0.1) is 0 Å². The summed E-state index contributed by atoms with van der Waals surface area (Å²) in [5, 5.41) is 5.02. The summed E-state index contributed by atoms with van der Waals surface area (Å²) in [6.07, 6.45) is 3.35. The quantitative estimate of drug-likeness (QED) is 0.575. The van der Waals surface area contributed by atoms with Gasteiger partial charge in [0.05, 0.1) is 11.7 Å². The maximum absolute atomic E-state index is 12.0. The number of benzene rings is 2. The molecule has 0 unspecified atom stereocenters. The van der Waals surface area contributed by atoms with Crippen LogP contribution in [-0.4, -0.2) is 17.1 Å². The first-order valence-corrected chi connectivity index (χ1v) is 7.46. The van der Waals surface area contributed by atoms with Gasteiger partial charge in [-0.05, 0) is 36.4 Å². The van der Waals surface area contributed by atoms with Gasteiger partial charge in [-0.25, -0.2) is 5.43 Å². The summed E-state index contributed by atoms with van der Waals surface area (Å²) >= 11 is 3.33. The second kappa shape index (κ2) is 6.49. The highest BCUT2D eigenvalue weighted by molar-refractivity contribution is 9.10. The smallest absolute Gasteiger partial charge is 0.267 e. The van der Waals surface area contributed by atoms with Crippen LogP contribution in [0.4, 0.5) is 0 Å². The van der Waals surface area contributed by atoms with E-state index in [0.29, 0.717) is 5.56 Å². The second-order valence-corrected chi connectivity index (χ2v) is 5.54. The molecule has 22 heavy (non-hydrogen) atoms. The SMILES string of the molecule is O=C(NN=Cc1ccnc2ccccc12)c1ccc(Br)cc1. The molecule has 0 spiro atoms. The summed E-state index contributed by atoms with van der Waals surface area (Å²) in [5.41, 5.74) is 4.88. The van der Waals surface area contributed by atoms with Crippen molar-refractivity contribution in [2.24, 2.45) is 5.10 Å². The minimum atomic E-state index is -0.248. The van der Waals surface area contributed by atoms with Crippen molar-refractivity contribution in [3.63, 3.8) is 0 Å². The number of hydrogen-bond acceptors (Lipinski definition) is 3. The molecule has 0 saturated carbocycles. The summed E-state index contributed by atoms with van der Waals surface area (Å²) in [5.74, 6) is -0.248. The van der Waals surface area contributed by atoms with E-state index in [1.807, 2.05) is 42.5 Å². The molecule has 1 heterocycles. The molecule has 0 bridgehead atoms. The van der Waals surface area contributed by atoms with Crippen LogP contribution in [0.2, 0.25) is 0 Å². The molecule has 2 aromatic carbocycles. The number of pyridine rings is 1. The highest BCUT2D eigenvalue weighted by Crippen LogP contribution is 2.14. The largest absolute Gasteiger partial charge is 0.271 e. The number of nitrogens with zero attached hydrogens (tertiary/aromatic N) is 2. The Bertz CT molecular complexity index is 839. The molecule has 0 aliphatic heterocycles. The Labute approximate surface area is 136 Å². The highest BCUT2D eigenvalue weighted by Gasteiger charge is 2.03. The summed E-state index contributed by atoms with van der Waals surface area (Å²) < 4.78 is 0.927. The van der Waals surface area contributed by atoms with Gasteiger partial charge in [0.25, 0.3) is 5.91 Å². The minimum absolute atomic E-state index is 0.248. The zero-order valence-electron chi connectivity index (χ0n) is 11.5. The Kier molecular flexibility index (Phi) is 4.25. The minimum Gasteiger partial charge on any atom is -0.267 e. The van der Waals surface area contributed by atoms with Crippen LogP contribution in [0.5, 0.6) is 0 Å². The van der Waals surface area contributed by atoms with Crippen molar-refractivity contribution < 1.29 is 4.79 Å². The molecule has 0 atom stereocenters. The van der Waals surface area contributed by atoms with E-state index in [2.05, 4.69) is 31.4 Å². The van der Waals surface area contributed by atoms with Crippen molar-refractivity contribution in [1.82, 2.24) is 10.4 Å². The molecule has 3 aromatic rings. The zero-order chi connectivity index (χ0) is 15.4. The Morgan fingerprint density at radius 2 is 1.86 bits per heavy atom. The average Bonchev–Trinajstić information content (AvgIpc) is 2.55. The predicted molar refractivity (Wildman–Crippen MR) is 90.9 cm³/mol. The van der Waals surface area contributed by atoms with Crippen molar-refractivity contribution in [3.05, 3.63) is 76.4 Å².